The number of aliphatic hydroxyl groups is 1. The Labute approximate surface area is 215 Å². The van der Waals surface area contributed by atoms with E-state index in [-0.39, 0.29) is 23.4 Å². The average molecular weight is 504 g/mol. The highest BCUT2D eigenvalue weighted by Crippen LogP contribution is 2.43. The average Bonchev–Trinajstić information content (AvgIpc) is 3.30. The van der Waals surface area contributed by atoms with Crippen LogP contribution in [0.25, 0.3) is 10.1 Å². The number of amides is 2. The number of hydrogen-bond acceptors (Lipinski definition) is 5. The first kappa shape index (κ1) is 27.9. The fourth-order valence-corrected chi connectivity index (χ4v) is 6.36. The second-order valence-electron chi connectivity index (χ2n) is 11.3. The summed E-state index contributed by atoms with van der Waals surface area (Å²) in [5.74, 6) is -0.0135. The summed E-state index contributed by atoms with van der Waals surface area (Å²) in [7, 11) is 3.64. The summed E-state index contributed by atoms with van der Waals surface area (Å²) in [5, 5.41) is 22.1. The Morgan fingerprint density at radius 2 is 2.09 bits per heavy atom. The number of rotatable bonds is 11. The van der Waals surface area contributed by atoms with Crippen LogP contribution in [0.2, 0.25) is 0 Å². The van der Waals surface area contributed by atoms with Crippen LogP contribution in [0.15, 0.2) is 29.6 Å². The third-order valence-corrected chi connectivity index (χ3v) is 8.02. The van der Waals surface area contributed by atoms with E-state index < -0.39 is 5.60 Å². The topological polar surface area (TPSA) is 73.8 Å². The van der Waals surface area contributed by atoms with Gasteiger partial charge >= 0.3 is 6.03 Å². The van der Waals surface area contributed by atoms with Crippen LogP contribution in [0.4, 0.5) is 4.79 Å². The van der Waals surface area contributed by atoms with Crippen LogP contribution >= 0.6 is 11.3 Å². The van der Waals surface area contributed by atoms with E-state index in [0.717, 1.165) is 56.1 Å². The Hall–Kier alpha value is -1.67. The zero-order chi connectivity index (χ0) is 25.5. The van der Waals surface area contributed by atoms with Crippen molar-refractivity contribution in [1.29, 1.82) is 0 Å². The first-order chi connectivity index (χ1) is 16.7. The molecule has 2 amide bonds. The molecule has 0 saturated carbocycles. The number of fused-ring (bicyclic) bond motifs is 1. The van der Waals surface area contributed by atoms with Crippen molar-refractivity contribution >= 4 is 27.5 Å². The number of ether oxygens (including phenoxy) is 1. The molecule has 0 radical (unpaired) electrons. The molecule has 35 heavy (non-hydrogen) atoms. The van der Waals surface area contributed by atoms with E-state index in [9.17, 15) is 9.90 Å². The van der Waals surface area contributed by atoms with Crippen molar-refractivity contribution < 1.29 is 14.6 Å². The SMILES string of the molecule is CNCC(CC(C)(C)C)NC(=O)N1CCCC([C@@](O)(CCCCOC)c2cccc3sccc23)C1. The number of hydrogen-bond donors (Lipinski definition) is 3. The number of likely N-dealkylation sites (tertiary alicyclic amines) is 1. The molecule has 0 aliphatic carbocycles. The molecular weight excluding hydrogens is 458 g/mol. The summed E-state index contributed by atoms with van der Waals surface area (Å²) >= 11 is 1.71. The number of thiophene rings is 1. The first-order valence-electron chi connectivity index (χ1n) is 13.1. The number of methoxy groups -OCH3 is 1. The van der Waals surface area contributed by atoms with Crippen LogP contribution in [0.5, 0.6) is 0 Å². The normalized spacial score (nSPS) is 19.5. The minimum absolute atomic E-state index is 0.0135. The van der Waals surface area contributed by atoms with Gasteiger partial charge in [-0.1, -0.05) is 32.9 Å². The van der Waals surface area contributed by atoms with Gasteiger partial charge in [-0.05, 0) is 79.5 Å². The van der Waals surface area contributed by atoms with Crippen molar-refractivity contribution in [2.75, 3.05) is 40.4 Å². The van der Waals surface area contributed by atoms with Gasteiger partial charge in [-0.15, -0.1) is 11.3 Å². The Morgan fingerprint density at radius 3 is 2.80 bits per heavy atom. The van der Waals surface area contributed by atoms with Gasteiger partial charge in [0, 0.05) is 50.0 Å². The van der Waals surface area contributed by atoms with Crippen molar-refractivity contribution in [3.05, 3.63) is 35.2 Å². The van der Waals surface area contributed by atoms with Crippen LogP contribution in [0, 0.1) is 11.3 Å². The van der Waals surface area contributed by atoms with Crippen LogP contribution in [-0.2, 0) is 10.3 Å². The van der Waals surface area contributed by atoms with Gasteiger partial charge in [0.05, 0.1) is 5.60 Å². The first-order valence-corrected chi connectivity index (χ1v) is 13.9. The van der Waals surface area contributed by atoms with Crippen molar-refractivity contribution in [3.63, 3.8) is 0 Å². The number of likely N-dealkylation sites (N-methyl/N-ethyl adjacent to an activating group) is 1. The van der Waals surface area contributed by atoms with Gasteiger partial charge in [-0.25, -0.2) is 4.79 Å². The van der Waals surface area contributed by atoms with Crippen LogP contribution in [0.1, 0.15) is 64.9 Å². The number of carbonyl (C=O) groups is 1. The lowest BCUT2D eigenvalue weighted by atomic mass is 9.73. The van der Waals surface area contributed by atoms with Gasteiger partial charge in [-0.3, -0.25) is 0 Å². The van der Waals surface area contributed by atoms with E-state index >= 15 is 0 Å². The predicted octanol–water partition coefficient (Wildman–Crippen LogP) is 5.35. The second-order valence-corrected chi connectivity index (χ2v) is 12.2. The third-order valence-electron chi connectivity index (χ3n) is 7.14. The maximum Gasteiger partial charge on any atom is 0.317 e. The molecular formula is C28H45N3O3S. The van der Waals surface area contributed by atoms with Gasteiger partial charge in [0.25, 0.3) is 0 Å². The van der Waals surface area contributed by atoms with Crippen molar-refractivity contribution in [1.82, 2.24) is 15.5 Å². The van der Waals surface area contributed by atoms with E-state index in [0.29, 0.717) is 19.6 Å². The van der Waals surface area contributed by atoms with Gasteiger partial charge < -0.3 is 25.4 Å². The summed E-state index contributed by atoms with van der Waals surface area (Å²) in [4.78, 5) is 15.3. The Bertz CT molecular complexity index is 941. The molecule has 2 aromatic rings. The minimum atomic E-state index is -0.983. The molecule has 6 nitrogen and oxygen atoms in total. The molecule has 1 aromatic heterocycles. The molecule has 3 rings (SSSR count). The molecule has 2 unspecified atom stereocenters. The van der Waals surface area contributed by atoms with Gasteiger partial charge in [-0.2, -0.15) is 0 Å². The van der Waals surface area contributed by atoms with Crippen LogP contribution in [-0.4, -0.2) is 62.5 Å². The van der Waals surface area contributed by atoms with Gasteiger partial charge in [0.1, 0.15) is 0 Å². The van der Waals surface area contributed by atoms with Gasteiger partial charge in [0.2, 0.25) is 0 Å². The molecule has 0 spiro atoms. The zero-order valence-electron chi connectivity index (χ0n) is 22.2. The van der Waals surface area contributed by atoms with Gasteiger partial charge in [0.15, 0.2) is 0 Å². The Morgan fingerprint density at radius 1 is 1.29 bits per heavy atom. The quantitative estimate of drug-likeness (QED) is 0.361. The van der Waals surface area contributed by atoms with E-state index in [1.165, 1.54) is 4.70 Å². The molecule has 3 N–H and O–H groups in total. The van der Waals surface area contributed by atoms with E-state index in [1.807, 2.05) is 11.9 Å². The number of benzene rings is 1. The Balaban J connectivity index is 1.80. The molecule has 3 atom stereocenters. The number of nitrogens with zero attached hydrogens (tertiary/aromatic N) is 1. The summed E-state index contributed by atoms with van der Waals surface area (Å²) in [6, 6.07) is 8.42. The van der Waals surface area contributed by atoms with Crippen LogP contribution < -0.4 is 10.6 Å². The number of nitrogens with one attached hydrogen (secondary N) is 2. The molecule has 2 heterocycles. The number of urea groups is 1. The lowest BCUT2D eigenvalue weighted by Crippen LogP contribution is -2.54. The van der Waals surface area contributed by atoms with E-state index in [1.54, 1.807) is 18.4 Å². The number of unbranched alkanes of at least 4 members (excludes halogenated alkanes) is 1. The fraction of sp³-hybridized carbons (Fsp3) is 0.679. The van der Waals surface area contributed by atoms with Crippen molar-refractivity contribution in [3.8, 4) is 0 Å². The summed E-state index contributed by atoms with van der Waals surface area (Å²) in [6.45, 7) is 9.33. The molecule has 196 valence electrons. The molecule has 0 bridgehead atoms. The maximum absolute atomic E-state index is 13.3. The second kappa shape index (κ2) is 12.5. The van der Waals surface area contributed by atoms with Crippen LogP contribution in [0.3, 0.4) is 0 Å². The molecule has 1 aromatic carbocycles. The third kappa shape index (κ3) is 7.42. The minimum Gasteiger partial charge on any atom is -0.385 e. The Kier molecular flexibility index (Phi) is 9.99. The lowest BCUT2D eigenvalue weighted by molar-refractivity contribution is -0.0552. The van der Waals surface area contributed by atoms with Crippen molar-refractivity contribution in [2.45, 2.75) is 70.9 Å². The standard InChI is InChI=1S/C28H45N3O3S/c1-27(2,3)18-22(19-29-4)30-26(32)31-15-9-10-21(20-31)28(33,14-6-7-16-34-5)24-11-8-12-25-23(24)13-17-35-25/h8,11-13,17,21-22,29,33H,6-7,9-10,14-16,18-20H2,1-5H3,(H,30,32)/t21?,22?,28-/m0/s1. The highest BCUT2D eigenvalue weighted by molar-refractivity contribution is 7.17. The maximum atomic E-state index is 13.3. The van der Waals surface area contributed by atoms with E-state index in [4.69, 9.17) is 4.74 Å². The summed E-state index contributed by atoms with van der Waals surface area (Å²) in [6.07, 6.45) is 5.16. The largest absolute Gasteiger partial charge is 0.385 e. The highest BCUT2D eigenvalue weighted by atomic mass is 32.1. The molecule has 7 heteroatoms. The number of carbonyl (C=O) groups excluding carboxylic acids is 1. The molecule has 1 aliphatic rings. The molecule has 1 saturated heterocycles. The fourth-order valence-electron chi connectivity index (χ4n) is 5.55. The van der Waals surface area contributed by atoms with E-state index in [2.05, 4.69) is 61.1 Å². The lowest BCUT2D eigenvalue weighted by Gasteiger charge is -2.43. The smallest absolute Gasteiger partial charge is 0.317 e. The zero-order valence-corrected chi connectivity index (χ0v) is 23.0. The predicted molar refractivity (Wildman–Crippen MR) is 146 cm³/mol. The summed E-state index contributed by atoms with van der Waals surface area (Å²) in [5.41, 5.74) is 0.144. The monoisotopic (exact) mass is 503 g/mol. The molecule has 1 fully saturated rings. The summed E-state index contributed by atoms with van der Waals surface area (Å²) < 4.78 is 6.45. The van der Waals surface area contributed by atoms with Crippen molar-refractivity contribution in [2.24, 2.45) is 11.3 Å². The highest BCUT2D eigenvalue weighted by Gasteiger charge is 2.42. The molecule has 1 aliphatic heterocycles. The number of piperidine rings is 1.